The van der Waals surface area contributed by atoms with Crippen LogP contribution in [0.4, 0.5) is 0 Å². The second-order valence-electron chi connectivity index (χ2n) is 8.58. The molecule has 0 bridgehead atoms. The molecule has 2 aromatic rings. The summed E-state index contributed by atoms with van der Waals surface area (Å²) >= 11 is 3.17. The maximum absolute atomic E-state index is 13.1. The van der Waals surface area contributed by atoms with E-state index in [9.17, 15) is 13.2 Å². The number of nitrogens with zero attached hydrogens (tertiary/aromatic N) is 4. The van der Waals surface area contributed by atoms with Gasteiger partial charge in [-0.3, -0.25) is 4.79 Å². The van der Waals surface area contributed by atoms with Gasteiger partial charge in [0.2, 0.25) is 5.91 Å². The summed E-state index contributed by atoms with van der Waals surface area (Å²) in [6.07, 6.45) is 7.19. The van der Waals surface area contributed by atoms with Gasteiger partial charge in [0.05, 0.1) is 16.8 Å². The molecule has 2 unspecified atom stereocenters. The van der Waals surface area contributed by atoms with Gasteiger partial charge in [0.1, 0.15) is 5.82 Å². The molecule has 1 aliphatic heterocycles. The summed E-state index contributed by atoms with van der Waals surface area (Å²) in [5.41, 5.74) is 0. The Kier molecular flexibility index (Phi) is 7.07. The summed E-state index contributed by atoms with van der Waals surface area (Å²) in [5.74, 6) is 1.14. The number of aromatic nitrogens is 3. The fraction of sp³-hybridized carbons (Fsp3) is 0.667. The molecule has 1 saturated carbocycles. The number of rotatable bonds is 7. The summed E-state index contributed by atoms with van der Waals surface area (Å²) in [5, 5.41) is 11.5. The summed E-state index contributed by atoms with van der Waals surface area (Å²) in [6.45, 7) is 1.88. The van der Waals surface area contributed by atoms with Crippen LogP contribution in [0.25, 0.3) is 0 Å². The number of thiophene rings is 1. The zero-order valence-electron chi connectivity index (χ0n) is 18.1. The largest absolute Gasteiger partial charge is 0.341 e. The maximum Gasteiger partial charge on any atom is 0.235 e. The minimum atomic E-state index is -3.03. The molecule has 2 aromatic heterocycles. The number of thioether (sulfide) groups is 1. The number of sulfone groups is 1. The molecule has 170 valence electrons. The van der Waals surface area contributed by atoms with Crippen molar-refractivity contribution in [2.45, 2.75) is 74.4 Å². The third-order valence-electron chi connectivity index (χ3n) is 6.32. The van der Waals surface area contributed by atoms with Crippen LogP contribution in [-0.2, 0) is 21.1 Å². The number of hydrogen-bond donors (Lipinski definition) is 0. The van der Waals surface area contributed by atoms with Crippen LogP contribution in [0.5, 0.6) is 0 Å². The van der Waals surface area contributed by atoms with Crippen LogP contribution in [0.2, 0.25) is 0 Å². The Hall–Kier alpha value is -1.39. The fourth-order valence-corrected chi connectivity index (χ4v) is 8.05. The van der Waals surface area contributed by atoms with Gasteiger partial charge in [-0.2, -0.15) is 0 Å². The van der Waals surface area contributed by atoms with Gasteiger partial charge >= 0.3 is 0 Å². The van der Waals surface area contributed by atoms with Crippen LogP contribution in [0, 0.1) is 0 Å². The Labute approximate surface area is 192 Å². The van der Waals surface area contributed by atoms with E-state index in [2.05, 4.69) is 32.3 Å². The smallest absolute Gasteiger partial charge is 0.235 e. The number of hydrogen-bond acceptors (Lipinski definition) is 7. The number of carbonyl (C=O) groups is 1. The third kappa shape index (κ3) is 5.34. The molecule has 2 atom stereocenters. The first-order chi connectivity index (χ1) is 14.8. The quantitative estimate of drug-likeness (QED) is 0.561. The molecule has 0 N–H and O–H groups in total. The SMILES string of the molecule is CC(Sc1nnc(Cc2cccs2)n1C1CCCCC1)C(=O)N(C)C1CCS(=O)(=O)C1. The standard InChI is InChI=1S/C21H30N4O3S3/c1-15(20(26)24(2)17-10-12-31(27,28)14-17)30-21-23-22-19(13-18-9-6-11-29-18)25(21)16-7-4-3-5-8-16/h6,9,11,15-17H,3-5,7-8,10,12-14H2,1-2H3. The van der Waals surface area contributed by atoms with Crippen molar-refractivity contribution in [1.82, 2.24) is 19.7 Å². The van der Waals surface area contributed by atoms with Gasteiger partial charge in [-0.15, -0.1) is 21.5 Å². The van der Waals surface area contributed by atoms with Crippen LogP contribution >= 0.6 is 23.1 Å². The molecule has 31 heavy (non-hydrogen) atoms. The second kappa shape index (κ2) is 9.62. The molecular weight excluding hydrogens is 452 g/mol. The Morgan fingerprint density at radius 2 is 2.06 bits per heavy atom. The topological polar surface area (TPSA) is 85.2 Å². The monoisotopic (exact) mass is 482 g/mol. The minimum absolute atomic E-state index is 0.0508. The van der Waals surface area contributed by atoms with Crippen molar-refractivity contribution in [3.05, 3.63) is 28.2 Å². The Morgan fingerprint density at radius 3 is 2.71 bits per heavy atom. The normalized spacial score (nSPS) is 22.5. The molecule has 0 aromatic carbocycles. The Balaban J connectivity index is 1.51. The van der Waals surface area contributed by atoms with E-state index < -0.39 is 9.84 Å². The summed E-state index contributed by atoms with van der Waals surface area (Å²) in [7, 11) is -1.31. The molecule has 0 radical (unpaired) electrons. The minimum Gasteiger partial charge on any atom is -0.341 e. The van der Waals surface area contributed by atoms with Gasteiger partial charge < -0.3 is 9.47 Å². The van der Waals surface area contributed by atoms with Crippen LogP contribution in [0.15, 0.2) is 22.7 Å². The molecule has 4 rings (SSSR count). The lowest BCUT2D eigenvalue weighted by Gasteiger charge is -2.28. The molecule has 10 heteroatoms. The van der Waals surface area contributed by atoms with Crippen LogP contribution in [-0.4, -0.2) is 63.8 Å². The van der Waals surface area contributed by atoms with Crippen LogP contribution in [0.3, 0.4) is 0 Å². The zero-order chi connectivity index (χ0) is 22.0. The van der Waals surface area contributed by atoms with Gasteiger partial charge in [-0.05, 0) is 37.6 Å². The van der Waals surface area contributed by atoms with Gasteiger partial charge in [0.25, 0.3) is 0 Å². The van der Waals surface area contributed by atoms with Crippen LogP contribution in [0.1, 0.15) is 62.2 Å². The molecule has 3 heterocycles. The highest BCUT2D eigenvalue weighted by molar-refractivity contribution is 8.00. The van der Waals surface area contributed by atoms with Gasteiger partial charge in [-0.1, -0.05) is 37.1 Å². The predicted molar refractivity (Wildman–Crippen MR) is 124 cm³/mol. The van der Waals surface area contributed by atoms with E-state index in [1.807, 2.05) is 6.92 Å². The van der Waals surface area contributed by atoms with E-state index in [4.69, 9.17) is 0 Å². The van der Waals surface area contributed by atoms with Gasteiger partial charge in [0, 0.05) is 30.4 Å². The second-order valence-corrected chi connectivity index (χ2v) is 13.2. The Morgan fingerprint density at radius 1 is 1.29 bits per heavy atom. The average Bonchev–Trinajstić information content (AvgIpc) is 3.48. The lowest BCUT2D eigenvalue weighted by Crippen LogP contribution is -2.41. The highest BCUT2D eigenvalue weighted by Crippen LogP contribution is 2.35. The van der Waals surface area contributed by atoms with Gasteiger partial charge in [-0.25, -0.2) is 8.42 Å². The molecule has 7 nitrogen and oxygen atoms in total. The van der Waals surface area contributed by atoms with Crippen molar-refractivity contribution in [3.63, 3.8) is 0 Å². The highest BCUT2D eigenvalue weighted by Gasteiger charge is 2.35. The maximum atomic E-state index is 13.1. The molecule has 2 fully saturated rings. The van der Waals surface area contributed by atoms with Crippen molar-refractivity contribution in [2.75, 3.05) is 18.6 Å². The summed E-state index contributed by atoms with van der Waals surface area (Å²) < 4.78 is 25.9. The van der Waals surface area contributed by atoms with E-state index >= 15 is 0 Å². The third-order valence-corrected chi connectivity index (χ3v) is 9.99. The highest BCUT2D eigenvalue weighted by atomic mass is 32.2. The summed E-state index contributed by atoms with van der Waals surface area (Å²) in [6, 6.07) is 4.32. The molecule has 2 aliphatic rings. The van der Waals surface area contributed by atoms with Crippen molar-refractivity contribution in [3.8, 4) is 0 Å². The predicted octanol–water partition coefficient (Wildman–Crippen LogP) is 3.56. The van der Waals surface area contributed by atoms with Crippen LogP contribution < -0.4 is 0 Å². The van der Waals surface area contributed by atoms with Crippen molar-refractivity contribution in [1.29, 1.82) is 0 Å². The van der Waals surface area contributed by atoms with E-state index in [0.717, 1.165) is 30.2 Å². The first kappa shape index (κ1) is 22.8. The lowest BCUT2D eigenvalue weighted by atomic mass is 9.95. The molecule has 0 spiro atoms. The first-order valence-corrected chi connectivity index (χ1v) is 14.5. The lowest BCUT2D eigenvalue weighted by molar-refractivity contribution is -0.130. The average molecular weight is 483 g/mol. The summed E-state index contributed by atoms with van der Waals surface area (Å²) in [4.78, 5) is 15.9. The van der Waals surface area contributed by atoms with Gasteiger partial charge in [0.15, 0.2) is 15.0 Å². The molecule has 1 saturated heterocycles. The van der Waals surface area contributed by atoms with Crippen molar-refractivity contribution < 1.29 is 13.2 Å². The van der Waals surface area contributed by atoms with E-state index in [1.54, 1.807) is 23.3 Å². The fourth-order valence-electron chi connectivity index (χ4n) is 4.54. The van der Waals surface area contributed by atoms with E-state index in [-0.39, 0.29) is 28.7 Å². The Bertz CT molecular complexity index is 997. The van der Waals surface area contributed by atoms with E-state index in [1.165, 1.54) is 35.9 Å². The van der Waals surface area contributed by atoms with E-state index in [0.29, 0.717) is 12.5 Å². The number of amides is 1. The number of carbonyl (C=O) groups excluding carboxylic acids is 1. The van der Waals surface area contributed by atoms with Crippen molar-refractivity contribution >= 4 is 38.8 Å². The molecule has 1 aliphatic carbocycles. The molecule has 1 amide bonds. The molecular formula is C21H30N4O3S3. The first-order valence-electron chi connectivity index (χ1n) is 10.9. The zero-order valence-corrected chi connectivity index (χ0v) is 20.5. The van der Waals surface area contributed by atoms with Crippen molar-refractivity contribution in [2.24, 2.45) is 0 Å².